The zero-order chi connectivity index (χ0) is 20.2. The van der Waals surface area contributed by atoms with Crippen molar-refractivity contribution >= 4 is 39.0 Å². The molecule has 1 aliphatic rings. The smallest absolute Gasteiger partial charge is 0.341 e. The fourth-order valence-corrected chi connectivity index (χ4v) is 5.01. The van der Waals surface area contributed by atoms with Crippen molar-refractivity contribution in [1.82, 2.24) is 0 Å². The average molecular weight is 410 g/mol. The molecule has 5 nitrogen and oxygen atoms in total. The highest BCUT2D eigenvalue weighted by Gasteiger charge is 2.26. The van der Waals surface area contributed by atoms with Gasteiger partial charge in [0.2, 0.25) is 0 Å². The lowest BCUT2D eigenvalue weighted by Crippen LogP contribution is -2.21. The molecule has 0 saturated carbocycles. The normalized spacial score (nSPS) is 13.4. The second-order valence-corrected chi connectivity index (χ2v) is 8.21. The van der Waals surface area contributed by atoms with Gasteiger partial charge in [-0.25, -0.2) is 4.79 Å². The van der Waals surface area contributed by atoms with Crippen LogP contribution < -0.4 is 10.1 Å². The van der Waals surface area contributed by atoms with Gasteiger partial charge in [0.15, 0.2) is 6.61 Å². The summed E-state index contributed by atoms with van der Waals surface area (Å²) in [5, 5.41) is 5.60. The molecule has 29 heavy (non-hydrogen) atoms. The fraction of sp³-hybridized carbons (Fsp3) is 0.304. The van der Waals surface area contributed by atoms with E-state index in [4.69, 9.17) is 9.47 Å². The molecule has 150 valence electrons. The maximum absolute atomic E-state index is 12.5. The molecule has 0 spiro atoms. The van der Waals surface area contributed by atoms with Gasteiger partial charge in [0.25, 0.3) is 5.91 Å². The van der Waals surface area contributed by atoms with E-state index in [1.807, 2.05) is 42.5 Å². The molecule has 1 amide bonds. The van der Waals surface area contributed by atoms with Gasteiger partial charge >= 0.3 is 5.97 Å². The van der Waals surface area contributed by atoms with E-state index in [1.54, 1.807) is 0 Å². The van der Waals surface area contributed by atoms with Crippen LogP contribution in [0.1, 0.15) is 40.1 Å². The highest BCUT2D eigenvalue weighted by molar-refractivity contribution is 7.17. The Kier molecular flexibility index (Phi) is 5.81. The van der Waals surface area contributed by atoms with Crippen molar-refractivity contribution < 1.29 is 19.1 Å². The number of rotatable bonds is 5. The Morgan fingerprint density at radius 1 is 1.03 bits per heavy atom. The maximum Gasteiger partial charge on any atom is 0.341 e. The molecular formula is C23H23NO4S. The van der Waals surface area contributed by atoms with Crippen LogP contribution in [0.2, 0.25) is 0 Å². The van der Waals surface area contributed by atoms with E-state index < -0.39 is 5.97 Å². The third-order valence-corrected chi connectivity index (χ3v) is 6.36. The van der Waals surface area contributed by atoms with Crippen molar-refractivity contribution in [3.63, 3.8) is 0 Å². The molecule has 0 aliphatic heterocycles. The summed E-state index contributed by atoms with van der Waals surface area (Å²) in [5.41, 5.74) is 1.54. The minimum Gasteiger partial charge on any atom is -0.484 e. The zero-order valence-corrected chi connectivity index (χ0v) is 17.1. The zero-order valence-electron chi connectivity index (χ0n) is 16.3. The molecule has 0 radical (unpaired) electrons. The molecule has 3 aromatic rings. The van der Waals surface area contributed by atoms with E-state index in [1.165, 1.54) is 23.3 Å². The summed E-state index contributed by atoms with van der Waals surface area (Å²) in [5.74, 6) is -0.0520. The number of carbonyl (C=O) groups is 2. The van der Waals surface area contributed by atoms with Gasteiger partial charge < -0.3 is 14.8 Å². The Labute approximate surface area is 173 Å². The number of fused-ring (bicyclic) bond motifs is 2. The third kappa shape index (κ3) is 4.27. The molecule has 1 heterocycles. The SMILES string of the molecule is COC(=O)c1c(NC(=O)COc2ccc3ccccc3c2)sc2c1CCCCC2. The fourth-order valence-electron chi connectivity index (χ4n) is 3.72. The van der Waals surface area contributed by atoms with Crippen molar-refractivity contribution in [3.8, 4) is 5.75 Å². The number of hydrogen-bond acceptors (Lipinski definition) is 5. The summed E-state index contributed by atoms with van der Waals surface area (Å²) in [4.78, 5) is 26.1. The molecule has 0 bridgehead atoms. The molecule has 0 unspecified atom stereocenters. The van der Waals surface area contributed by atoms with Gasteiger partial charge in [0.05, 0.1) is 12.7 Å². The number of aryl methyl sites for hydroxylation is 1. The second-order valence-electron chi connectivity index (χ2n) is 7.11. The van der Waals surface area contributed by atoms with Crippen LogP contribution in [0.3, 0.4) is 0 Å². The Morgan fingerprint density at radius 2 is 1.83 bits per heavy atom. The van der Waals surface area contributed by atoms with Crippen molar-refractivity contribution in [2.75, 3.05) is 19.0 Å². The van der Waals surface area contributed by atoms with Gasteiger partial charge in [0.1, 0.15) is 10.8 Å². The topological polar surface area (TPSA) is 64.6 Å². The van der Waals surface area contributed by atoms with Crippen LogP contribution in [0.5, 0.6) is 5.75 Å². The summed E-state index contributed by atoms with van der Waals surface area (Å²) in [7, 11) is 1.37. The second kappa shape index (κ2) is 8.66. The first-order chi connectivity index (χ1) is 14.2. The number of esters is 1. The monoisotopic (exact) mass is 409 g/mol. The molecule has 0 atom stereocenters. The number of ether oxygens (including phenoxy) is 2. The molecular weight excluding hydrogens is 386 g/mol. The molecule has 1 aromatic heterocycles. The highest BCUT2D eigenvalue weighted by Crippen LogP contribution is 2.38. The van der Waals surface area contributed by atoms with E-state index >= 15 is 0 Å². The van der Waals surface area contributed by atoms with E-state index in [2.05, 4.69) is 5.32 Å². The lowest BCUT2D eigenvalue weighted by Gasteiger charge is -2.09. The highest BCUT2D eigenvalue weighted by atomic mass is 32.1. The van der Waals surface area contributed by atoms with Gasteiger partial charge in [-0.2, -0.15) is 0 Å². The predicted octanol–water partition coefficient (Wildman–Crippen LogP) is 4.97. The number of amides is 1. The number of methoxy groups -OCH3 is 1. The number of anilines is 1. The summed E-state index contributed by atoms with van der Waals surface area (Å²) < 4.78 is 10.7. The van der Waals surface area contributed by atoms with Gasteiger partial charge in [-0.1, -0.05) is 36.8 Å². The number of thiophene rings is 1. The van der Waals surface area contributed by atoms with Crippen molar-refractivity contribution in [3.05, 3.63) is 58.5 Å². The molecule has 1 N–H and O–H groups in total. The van der Waals surface area contributed by atoms with Crippen LogP contribution in [0.25, 0.3) is 10.8 Å². The molecule has 2 aromatic carbocycles. The standard InChI is InChI=1S/C23H23NO4S/c1-27-23(26)21-18-9-3-2-4-10-19(18)29-22(21)24-20(25)14-28-17-12-11-15-7-5-6-8-16(15)13-17/h5-8,11-13H,2-4,9-10,14H2,1H3,(H,24,25). The molecule has 0 saturated heterocycles. The van der Waals surface area contributed by atoms with Crippen LogP contribution in [0, 0.1) is 0 Å². The van der Waals surface area contributed by atoms with Gasteiger partial charge in [0, 0.05) is 4.88 Å². The van der Waals surface area contributed by atoms with Gasteiger partial charge in [-0.3, -0.25) is 4.79 Å². The first-order valence-corrected chi connectivity index (χ1v) is 10.6. The van der Waals surface area contributed by atoms with E-state index in [0.717, 1.165) is 48.4 Å². The van der Waals surface area contributed by atoms with E-state index in [0.29, 0.717) is 16.3 Å². The quantitative estimate of drug-likeness (QED) is 0.477. The van der Waals surface area contributed by atoms with Gasteiger partial charge in [-0.15, -0.1) is 11.3 Å². The minimum absolute atomic E-state index is 0.123. The lowest BCUT2D eigenvalue weighted by molar-refractivity contribution is -0.118. The number of carbonyl (C=O) groups excluding carboxylic acids is 2. The number of benzene rings is 2. The number of hydrogen-bond donors (Lipinski definition) is 1. The van der Waals surface area contributed by atoms with E-state index in [9.17, 15) is 9.59 Å². The average Bonchev–Trinajstić information content (AvgIpc) is 2.91. The lowest BCUT2D eigenvalue weighted by atomic mass is 10.1. The van der Waals surface area contributed by atoms with Crippen molar-refractivity contribution in [2.24, 2.45) is 0 Å². The summed E-state index contributed by atoms with van der Waals surface area (Å²) in [6.07, 6.45) is 5.09. The minimum atomic E-state index is -0.393. The first-order valence-electron chi connectivity index (χ1n) is 9.80. The molecule has 4 rings (SSSR count). The Balaban J connectivity index is 1.48. The molecule has 0 fully saturated rings. The first kappa shape index (κ1) is 19.5. The summed E-state index contributed by atoms with van der Waals surface area (Å²) in [6.45, 7) is -0.123. The van der Waals surface area contributed by atoms with Crippen molar-refractivity contribution in [1.29, 1.82) is 0 Å². The van der Waals surface area contributed by atoms with Crippen LogP contribution in [0.15, 0.2) is 42.5 Å². The largest absolute Gasteiger partial charge is 0.484 e. The van der Waals surface area contributed by atoms with Crippen LogP contribution in [0.4, 0.5) is 5.00 Å². The summed E-state index contributed by atoms with van der Waals surface area (Å²) >= 11 is 1.48. The van der Waals surface area contributed by atoms with Crippen LogP contribution in [-0.2, 0) is 22.4 Å². The maximum atomic E-state index is 12.5. The molecule has 6 heteroatoms. The number of nitrogens with one attached hydrogen (secondary N) is 1. The van der Waals surface area contributed by atoms with Gasteiger partial charge in [-0.05, 0) is 54.2 Å². The van der Waals surface area contributed by atoms with Crippen molar-refractivity contribution in [2.45, 2.75) is 32.1 Å². The van der Waals surface area contributed by atoms with Crippen LogP contribution in [-0.4, -0.2) is 25.6 Å². The Bertz CT molecular complexity index is 1060. The Morgan fingerprint density at radius 3 is 2.66 bits per heavy atom. The molecule has 1 aliphatic carbocycles. The van der Waals surface area contributed by atoms with E-state index in [-0.39, 0.29) is 12.5 Å². The van der Waals surface area contributed by atoms with Crippen LogP contribution >= 0.6 is 11.3 Å². The third-order valence-electron chi connectivity index (χ3n) is 5.15. The predicted molar refractivity (Wildman–Crippen MR) is 115 cm³/mol. The summed E-state index contributed by atoms with van der Waals surface area (Å²) in [6, 6.07) is 13.7. The Hall–Kier alpha value is -2.86.